The van der Waals surface area contributed by atoms with E-state index < -0.39 is 0 Å². The molecule has 18 heavy (non-hydrogen) atoms. The molecular weight excluding hydrogens is 272 g/mol. The van der Waals surface area contributed by atoms with Gasteiger partial charge in [0, 0.05) is 17.5 Å². The zero-order chi connectivity index (χ0) is 13.1. The van der Waals surface area contributed by atoms with Crippen LogP contribution in [0.3, 0.4) is 0 Å². The summed E-state index contributed by atoms with van der Waals surface area (Å²) in [5.74, 6) is 0. The topological polar surface area (TPSA) is 55.2 Å². The monoisotopic (exact) mass is 282 g/mol. The molecule has 0 atom stereocenters. The van der Waals surface area contributed by atoms with Crippen molar-refractivity contribution in [2.24, 2.45) is 0 Å². The van der Waals surface area contributed by atoms with Gasteiger partial charge in [-0.1, -0.05) is 23.7 Å². The number of thiophene rings is 1. The second kappa shape index (κ2) is 5.37. The number of anilines is 1. The summed E-state index contributed by atoms with van der Waals surface area (Å²) in [6.07, 6.45) is 0. The minimum Gasteiger partial charge on any atom is -0.374 e. The third kappa shape index (κ3) is 2.80. The van der Waals surface area contributed by atoms with E-state index in [9.17, 15) is 10.1 Å². The van der Waals surface area contributed by atoms with Gasteiger partial charge in [0.25, 0.3) is 5.69 Å². The van der Waals surface area contributed by atoms with E-state index in [0.717, 1.165) is 10.4 Å². The number of rotatable bonds is 4. The van der Waals surface area contributed by atoms with Gasteiger partial charge in [-0.25, -0.2) is 0 Å². The van der Waals surface area contributed by atoms with Gasteiger partial charge >= 0.3 is 0 Å². The maximum Gasteiger partial charge on any atom is 0.292 e. The van der Waals surface area contributed by atoms with Gasteiger partial charge < -0.3 is 5.32 Å². The third-order valence-electron chi connectivity index (χ3n) is 2.52. The lowest BCUT2D eigenvalue weighted by Gasteiger charge is -2.08. The van der Waals surface area contributed by atoms with Crippen LogP contribution in [0.2, 0.25) is 4.34 Å². The normalized spacial score (nSPS) is 10.3. The van der Waals surface area contributed by atoms with Crippen molar-refractivity contribution in [2.45, 2.75) is 13.5 Å². The zero-order valence-corrected chi connectivity index (χ0v) is 11.2. The number of aryl methyl sites for hydroxylation is 1. The van der Waals surface area contributed by atoms with E-state index in [1.807, 2.05) is 25.1 Å². The van der Waals surface area contributed by atoms with Crippen molar-refractivity contribution in [1.82, 2.24) is 0 Å². The van der Waals surface area contributed by atoms with Gasteiger partial charge in [0.05, 0.1) is 9.26 Å². The molecule has 0 radical (unpaired) electrons. The molecule has 0 aliphatic rings. The number of hydrogen-bond donors (Lipinski definition) is 1. The number of benzene rings is 1. The van der Waals surface area contributed by atoms with Crippen molar-refractivity contribution in [3.63, 3.8) is 0 Å². The summed E-state index contributed by atoms with van der Waals surface area (Å²) < 4.78 is 0.714. The molecule has 0 amide bonds. The Morgan fingerprint density at radius 1 is 1.39 bits per heavy atom. The molecule has 0 fully saturated rings. The lowest BCUT2D eigenvalue weighted by Crippen LogP contribution is -2.03. The number of nitrogens with zero attached hydrogens (tertiary/aromatic N) is 1. The molecule has 1 aromatic heterocycles. The Hall–Kier alpha value is -1.59. The Labute approximate surface area is 113 Å². The summed E-state index contributed by atoms with van der Waals surface area (Å²) in [7, 11) is 0. The average molecular weight is 283 g/mol. The van der Waals surface area contributed by atoms with Gasteiger partial charge in [-0.05, 0) is 24.6 Å². The predicted molar refractivity (Wildman–Crippen MR) is 74.5 cm³/mol. The van der Waals surface area contributed by atoms with Gasteiger partial charge in [0.2, 0.25) is 0 Å². The summed E-state index contributed by atoms with van der Waals surface area (Å²) in [4.78, 5) is 11.6. The fourth-order valence-corrected chi connectivity index (χ4v) is 2.68. The highest BCUT2D eigenvalue weighted by molar-refractivity contribution is 7.16. The minimum absolute atomic E-state index is 0.0950. The fraction of sp³-hybridized carbons (Fsp3) is 0.167. The second-order valence-electron chi connectivity index (χ2n) is 3.79. The number of nitro benzene ring substituents is 1. The van der Waals surface area contributed by atoms with Crippen LogP contribution in [0.25, 0.3) is 0 Å². The minimum atomic E-state index is -0.378. The van der Waals surface area contributed by atoms with Crippen LogP contribution in [-0.4, -0.2) is 4.92 Å². The standard InChI is InChI=1S/C12H11ClN2O2S/c1-8-3-2-4-10(15(16)17)12(8)14-7-9-5-6-11(13)18-9/h2-6,14H,7H2,1H3. The molecule has 1 heterocycles. The summed E-state index contributed by atoms with van der Waals surface area (Å²) in [5.41, 5.74) is 1.51. The quantitative estimate of drug-likeness (QED) is 0.674. The molecule has 0 unspecified atom stereocenters. The first-order valence-corrected chi connectivity index (χ1v) is 6.49. The first kappa shape index (κ1) is 12.9. The summed E-state index contributed by atoms with van der Waals surface area (Å²) in [5, 5.41) is 14.0. The molecule has 2 aromatic rings. The van der Waals surface area contributed by atoms with E-state index in [-0.39, 0.29) is 10.6 Å². The Morgan fingerprint density at radius 3 is 2.78 bits per heavy atom. The number of hydrogen-bond acceptors (Lipinski definition) is 4. The SMILES string of the molecule is Cc1cccc([N+](=O)[O-])c1NCc1ccc(Cl)s1. The highest BCUT2D eigenvalue weighted by Crippen LogP contribution is 2.29. The second-order valence-corrected chi connectivity index (χ2v) is 5.59. The van der Waals surface area contributed by atoms with Gasteiger partial charge in [0.1, 0.15) is 5.69 Å². The van der Waals surface area contributed by atoms with E-state index >= 15 is 0 Å². The van der Waals surface area contributed by atoms with Crippen molar-refractivity contribution < 1.29 is 4.92 Å². The van der Waals surface area contributed by atoms with Crippen LogP contribution in [-0.2, 0) is 6.54 Å². The molecule has 0 saturated heterocycles. The van der Waals surface area contributed by atoms with Crippen LogP contribution in [0.5, 0.6) is 0 Å². The van der Waals surface area contributed by atoms with E-state index in [0.29, 0.717) is 16.6 Å². The summed E-state index contributed by atoms with van der Waals surface area (Å²) in [6, 6.07) is 8.74. The smallest absolute Gasteiger partial charge is 0.292 e. The van der Waals surface area contributed by atoms with Gasteiger partial charge in [0.15, 0.2) is 0 Å². The highest BCUT2D eigenvalue weighted by Gasteiger charge is 2.15. The van der Waals surface area contributed by atoms with Crippen molar-refractivity contribution in [2.75, 3.05) is 5.32 Å². The molecule has 1 N–H and O–H groups in total. The maximum atomic E-state index is 10.9. The van der Waals surface area contributed by atoms with E-state index in [1.54, 1.807) is 6.07 Å². The Morgan fingerprint density at radius 2 is 2.17 bits per heavy atom. The van der Waals surface area contributed by atoms with Crippen molar-refractivity contribution in [1.29, 1.82) is 0 Å². The van der Waals surface area contributed by atoms with E-state index in [4.69, 9.17) is 11.6 Å². The number of nitro groups is 1. The molecule has 94 valence electrons. The zero-order valence-electron chi connectivity index (χ0n) is 9.64. The largest absolute Gasteiger partial charge is 0.374 e. The lowest BCUT2D eigenvalue weighted by atomic mass is 10.1. The van der Waals surface area contributed by atoms with Crippen LogP contribution in [0.4, 0.5) is 11.4 Å². The molecule has 2 rings (SSSR count). The Bertz CT molecular complexity index is 583. The molecule has 0 bridgehead atoms. The van der Waals surface area contributed by atoms with E-state index in [1.165, 1.54) is 17.4 Å². The van der Waals surface area contributed by atoms with Crippen LogP contribution in [0.15, 0.2) is 30.3 Å². The van der Waals surface area contributed by atoms with Gasteiger partial charge in [-0.15, -0.1) is 11.3 Å². The Kier molecular flexibility index (Phi) is 3.84. The lowest BCUT2D eigenvalue weighted by molar-refractivity contribution is -0.384. The van der Waals surface area contributed by atoms with Crippen molar-refractivity contribution in [3.05, 3.63) is 55.2 Å². The van der Waals surface area contributed by atoms with Crippen LogP contribution in [0, 0.1) is 17.0 Å². The first-order valence-electron chi connectivity index (χ1n) is 5.30. The number of para-hydroxylation sites is 1. The molecule has 0 aliphatic carbocycles. The summed E-state index contributed by atoms with van der Waals surface area (Å²) in [6.45, 7) is 2.37. The highest BCUT2D eigenvalue weighted by atomic mass is 35.5. The van der Waals surface area contributed by atoms with Gasteiger partial charge in [-0.2, -0.15) is 0 Å². The fourth-order valence-electron chi connectivity index (χ4n) is 1.66. The predicted octanol–water partition coefficient (Wildman–Crippen LogP) is 4.23. The van der Waals surface area contributed by atoms with Gasteiger partial charge in [-0.3, -0.25) is 10.1 Å². The first-order chi connectivity index (χ1) is 8.58. The van der Waals surface area contributed by atoms with E-state index in [2.05, 4.69) is 5.32 Å². The van der Waals surface area contributed by atoms with Crippen molar-refractivity contribution in [3.8, 4) is 0 Å². The van der Waals surface area contributed by atoms with Crippen molar-refractivity contribution >= 4 is 34.3 Å². The molecule has 1 aromatic carbocycles. The van der Waals surface area contributed by atoms with Crippen LogP contribution < -0.4 is 5.32 Å². The van der Waals surface area contributed by atoms with Crippen LogP contribution in [0.1, 0.15) is 10.4 Å². The number of halogens is 1. The number of nitrogens with one attached hydrogen (secondary N) is 1. The molecule has 0 spiro atoms. The Balaban J connectivity index is 2.20. The average Bonchev–Trinajstić information content (AvgIpc) is 2.73. The molecule has 4 nitrogen and oxygen atoms in total. The molecule has 0 saturated carbocycles. The molecule has 6 heteroatoms. The van der Waals surface area contributed by atoms with Crippen LogP contribution >= 0.6 is 22.9 Å². The molecular formula is C12H11ClN2O2S. The third-order valence-corrected chi connectivity index (χ3v) is 3.75. The summed E-state index contributed by atoms with van der Waals surface area (Å²) >= 11 is 7.30. The maximum absolute atomic E-state index is 10.9. The molecule has 0 aliphatic heterocycles.